The van der Waals surface area contributed by atoms with Crippen LogP contribution in [0.3, 0.4) is 0 Å². The van der Waals surface area contributed by atoms with Crippen molar-refractivity contribution in [3.8, 4) is 11.6 Å². The van der Waals surface area contributed by atoms with Crippen LogP contribution >= 0.6 is 11.8 Å². The number of thioether (sulfide) groups is 1. The molecular formula is C13H16N4O2S. The minimum absolute atomic E-state index is 0.0579. The van der Waals surface area contributed by atoms with E-state index in [1.54, 1.807) is 23.0 Å². The number of furan rings is 1. The number of hydrogen-bond donors (Lipinski definition) is 1. The molecule has 7 heteroatoms. The van der Waals surface area contributed by atoms with Crippen LogP contribution in [0.1, 0.15) is 6.92 Å². The quantitative estimate of drug-likeness (QED) is 0.650. The van der Waals surface area contributed by atoms with Crippen LogP contribution in [0.2, 0.25) is 0 Å². The molecule has 20 heavy (non-hydrogen) atoms. The summed E-state index contributed by atoms with van der Waals surface area (Å²) >= 11 is 1.35. The Morgan fingerprint density at radius 3 is 3.10 bits per heavy atom. The molecule has 0 aromatic carbocycles. The molecule has 0 saturated carbocycles. The van der Waals surface area contributed by atoms with Gasteiger partial charge >= 0.3 is 0 Å². The second-order valence-corrected chi connectivity index (χ2v) is 5.44. The normalized spacial score (nSPS) is 12.1. The standard InChI is InChI=1S/C13H16N4O2S/c1-4-7-14-12(18)9(2)20-13-16-15-11(17(13)3)10-6-5-8-19-10/h4-6,8-9H,1,7H2,2-3H3,(H,14,18). The fourth-order valence-electron chi connectivity index (χ4n) is 1.57. The predicted molar refractivity (Wildman–Crippen MR) is 77.2 cm³/mol. The van der Waals surface area contributed by atoms with Crippen molar-refractivity contribution in [2.45, 2.75) is 17.3 Å². The van der Waals surface area contributed by atoms with Gasteiger partial charge in [-0.1, -0.05) is 17.8 Å². The number of aromatic nitrogens is 3. The molecule has 1 N–H and O–H groups in total. The van der Waals surface area contributed by atoms with Gasteiger partial charge in [0.1, 0.15) is 0 Å². The van der Waals surface area contributed by atoms with Crippen molar-refractivity contribution in [1.82, 2.24) is 20.1 Å². The molecule has 0 aliphatic heterocycles. The maximum absolute atomic E-state index is 11.8. The summed E-state index contributed by atoms with van der Waals surface area (Å²) < 4.78 is 7.10. The fourth-order valence-corrected chi connectivity index (χ4v) is 2.41. The molecule has 2 heterocycles. The second-order valence-electron chi connectivity index (χ2n) is 4.14. The average Bonchev–Trinajstić information content (AvgIpc) is 3.07. The topological polar surface area (TPSA) is 73.0 Å². The highest BCUT2D eigenvalue weighted by Crippen LogP contribution is 2.25. The lowest BCUT2D eigenvalue weighted by atomic mass is 10.4. The molecule has 2 aromatic heterocycles. The maximum Gasteiger partial charge on any atom is 0.233 e. The highest BCUT2D eigenvalue weighted by Gasteiger charge is 2.19. The molecule has 1 unspecified atom stereocenters. The lowest BCUT2D eigenvalue weighted by Crippen LogP contribution is -2.31. The van der Waals surface area contributed by atoms with E-state index in [1.807, 2.05) is 20.0 Å². The molecule has 0 radical (unpaired) electrons. The van der Waals surface area contributed by atoms with Gasteiger partial charge in [0.05, 0.1) is 11.5 Å². The van der Waals surface area contributed by atoms with Gasteiger partial charge < -0.3 is 14.3 Å². The summed E-state index contributed by atoms with van der Waals surface area (Å²) in [6.45, 7) is 5.85. The third kappa shape index (κ3) is 3.11. The molecule has 2 aromatic rings. The first-order valence-corrected chi connectivity index (χ1v) is 7.00. The molecule has 0 spiro atoms. The largest absolute Gasteiger partial charge is 0.461 e. The summed E-state index contributed by atoms with van der Waals surface area (Å²) in [7, 11) is 1.84. The van der Waals surface area contributed by atoms with Crippen LogP contribution in [-0.4, -0.2) is 32.5 Å². The Morgan fingerprint density at radius 1 is 1.65 bits per heavy atom. The zero-order chi connectivity index (χ0) is 14.5. The summed E-state index contributed by atoms with van der Waals surface area (Å²) in [5, 5.41) is 11.3. The highest BCUT2D eigenvalue weighted by molar-refractivity contribution is 8.00. The number of rotatable bonds is 6. The third-order valence-corrected chi connectivity index (χ3v) is 3.78. The van der Waals surface area contributed by atoms with Crippen molar-refractivity contribution in [3.05, 3.63) is 31.1 Å². The predicted octanol–water partition coefficient (Wildman–Crippen LogP) is 1.86. The Hall–Kier alpha value is -2.02. The van der Waals surface area contributed by atoms with Crippen LogP contribution in [0.25, 0.3) is 11.6 Å². The number of amides is 1. The highest BCUT2D eigenvalue weighted by atomic mass is 32.2. The van der Waals surface area contributed by atoms with E-state index in [0.29, 0.717) is 23.3 Å². The Kier molecular flexibility index (Phi) is 4.62. The molecular weight excluding hydrogens is 276 g/mol. The van der Waals surface area contributed by atoms with Crippen molar-refractivity contribution >= 4 is 17.7 Å². The zero-order valence-electron chi connectivity index (χ0n) is 11.4. The van der Waals surface area contributed by atoms with Crippen LogP contribution in [-0.2, 0) is 11.8 Å². The summed E-state index contributed by atoms with van der Waals surface area (Å²) in [5.74, 6) is 1.23. The first-order valence-electron chi connectivity index (χ1n) is 6.12. The third-order valence-electron chi connectivity index (χ3n) is 2.65. The fraction of sp³-hybridized carbons (Fsp3) is 0.308. The average molecular weight is 292 g/mol. The van der Waals surface area contributed by atoms with Crippen LogP contribution in [0.4, 0.5) is 0 Å². The molecule has 2 rings (SSSR count). The minimum atomic E-state index is -0.262. The minimum Gasteiger partial charge on any atom is -0.461 e. The van der Waals surface area contributed by atoms with Crippen LogP contribution in [0.15, 0.2) is 40.6 Å². The van der Waals surface area contributed by atoms with Gasteiger partial charge in [0.2, 0.25) is 5.91 Å². The van der Waals surface area contributed by atoms with Crippen LogP contribution < -0.4 is 5.32 Å². The lowest BCUT2D eigenvalue weighted by molar-refractivity contribution is -0.120. The van der Waals surface area contributed by atoms with Gasteiger partial charge in [0, 0.05) is 13.6 Å². The molecule has 0 saturated heterocycles. The van der Waals surface area contributed by atoms with Crippen molar-refractivity contribution in [2.24, 2.45) is 7.05 Å². The maximum atomic E-state index is 11.8. The number of carbonyl (C=O) groups excluding carboxylic acids is 1. The van der Waals surface area contributed by atoms with Gasteiger partial charge in [-0.25, -0.2) is 0 Å². The summed E-state index contributed by atoms with van der Waals surface area (Å²) in [6, 6.07) is 3.61. The van der Waals surface area contributed by atoms with Crippen molar-refractivity contribution in [2.75, 3.05) is 6.54 Å². The molecule has 0 bridgehead atoms. The van der Waals surface area contributed by atoms with Crippen LogP contribution in [0, 0.1) is 0 Å². The first kappa shape index (κ1) is 14.4. The molecule has 1 atom stereocenters. The monoisotopic (exact) mass is 292 g/mol. The number of nitrogens with zero attached hydrogens (tertiary/aromatic N) is 3. The van der Waals surface area contributed by atoms with Gasteiger partial charge in [0.15, 0.2) is 16.7 Å². The SMILES string of the molecule is C=CCNC(=O)C(C)Sc1nnc(-c2ccco2)n1C. The molecule has 0 fully saturated rings. The summed E-state index contributed by atoms with van der Waals surface area (Å²) in [4.78, 5) is 11.8. The second kappa shape index (κ2) is 6.42. The molecule has 0 aliphatic rings. The van der Waals surface area contributed by atoms with E-state index >= 15 is 0 Å². The van der Waals surface area contributed by atoms with E-state index in [1.165, 1.54) is 11.8 Å². The molecule has 1 amide bonds. The van der Waals surface area contributed by atoms with Gasteiger partial charge in [-0.05, 0) is 19.1 Å². The van der Waals surface area contributed by atoms with E-state index < -0.39 is 0 Å². The van der Waals surface area contributed by atoms with Crippen LogP contribution in [0.5, 0.6) is 0 Å². The van der Waals surface area contributed by atoms with E-state index in [2.05, 4.69) is 22.1 Å². The Balaban J connectivity index is 2.07. The van der Waals surface area contributed by atoms with Crippen molar-refractivity contribution in [1.29, 1.82) is 0 Å². The van der Waals surface area contributed by atoms with Gasteiger partial charge in [-0.3, -0.25) is 4.79 Å². The lowest BCUT2D eigenvalue weighted by Gasteiger charge is -2.10. The Bertz CT molecular complexity index is 592. The van der Waals surface area contributed by atoms with E-state index in [-0.39, 0.29) is 11.2 Å². The first-order chi connectivity index (χ1) is 9.63. The van der Waals surface area contributed by atoms with Crippen molar-refractivity contribution < 1.29 is 9.21 Å². The number of nitrogens with one attached hydrogen (secondary N) is 1. The van der Waals surface area contributed by atoms with E-state index in [4.69, 9.17) is 4.42 Å². The summed E-state index contributed by atoms with van der Waals surface area (Å²) in [6.07, 6.45) is 3.23. The van der Waals surface area contributed by atoms with Gasteiger partial charge in [0.25, 0.3) is 0 Å². The Morgan fingerprint density at radius 2 is 2.45 bits per heavy atom. The van der Waals surface area contributed by atoms with E-state index in [9.17, 15) is 4.79 Å². The Labute approximate surface area is 121 Å². The van der Waals surface area contributed by atoms with Gasteiger partial charge in [-0.15, -0.1) is 16.8 Å². The molecule has 106 valence electrons. The van der Waals surface area contributed by atoms with Gasteiger partial charge in [-0.2, -0.15) is 0 Å². The molecule has 6 nitrogen and oxygen atoms in total. The number of carbonyl (C=O) groups is 1. The smallest absolute Gasteiger partial charge is 0.233 e. The zero-order valence-corrected chi connectivity index (χ0v) is 12.2. The number of hydrogen-bond acceptors (Lipinski definition) is 5. The molecule has 0 aliphatic carbocycles. The van der Waals surface area contributed by atoms with Crippen molar-refractivity contribution in [3.63, 3.8) is 0 Å². The van der Waals surface area contributed by atoms with E-state index in [0.717, 1.165) is 0 Å². The summed E-state index contributed by atoms with van der Waals surface area (Å²) in [5.41, 5.74) is 0.